The summed E-state index contributed by atoms with van der Waals surface area (Å²) in [5.74, 6) is 0. The van der Waals surface area contributed by atoms with E-state index in [4.69, 9.17) is 10.7 Å². The molecule has 3 N–H and O–H groups in total. The molecule has 0 saturated carbocycles. The fraction of sp³-hybridized carbons (Fsp3) is 0.150. The van der Waals surface area contributed by atoms with Gasteiger partial charge in [-0.25, -0.2) is 0 Å². The molecule has 4 aromatic heterocycles. The zero-order valence-electron chi connectivity index (χ0n) is 29.3. The summed E-state index contributed by atoms with van der Waals surface area (Å²) in [5.41, 5.74) is 15.3. The molecule has 0 spiro atoms. The maximum Gasteiger partial charge on any atom is 0.0575 e. The molecule has 11 nitrogen and oxygen atoms in total. The minimum atomic E-state index is 0. The molecule has 0 aliphatic carbocycles. The summed E-state index contributed by atoms with van der Waals surface area (Å²) in [6.45, 7) is 9.00. The van der Waals surface area contributed by atoms with Crippen molar-refractivity contribution in [3.8, 4) is 0 Å². The van der Waals surface area contributed by atoms with Gasteiger partial charge in [0.05, 0.1) is 11.4 Å². The van der Waals surface area contributed by atoms with Crippen LogP contribution in [0.5, 0.6) is 0 Å². The first-order valence-electron chi connectivity index (χ1n) is 16.6. The minimum absolute atomic E-state index is 0. The Morgan fingerprint density at radius 2 is 1.23 bits per heavy atom. The molecule has 2 aromatic carbocycles. The van der Waals surface area contributed by atoms with Gasteiger partial charge in [0.2, 0.25) is 0 Å². The van der Waals surface area contributed by atoms with Crippen molar-refractivity contribution in [2.45, 2.75) is 39.8 Å². The summed E-state index contributed by atoms with van der Waals surface area (Å²) in [6, 6.07) is 38.1. The summed E-state index contributed by atoms with van der Waals surface area (Å²) in [4.78, 5) is 15.3. The number of hydrogen-bond acceptors (Lipinski definition) is 9. The molecule has 0 radical (unpaired) electrons. The van der Waals surface area contributed by atoms with Crippen LogP contribution in [0.4, 0.5) is 11.4 Å². The topological polar surface area (TPSA) is 128 Å². The molecular weight excluding hydrogens is 1020 g/mol. The first kappa shape index (κ1) is 40.9. The predicted octanol–water partition coefficient (Wildman–Crippen LogP) is 5.32. The molecule has 6 heterocycles. The van der Waals surface area contributed by atoms with Gasteiger partial charge >= 0.3 is 0 Å². The van der Waals surface area contributed by atoms with Crippen molar-refractivity contribution in [3.05, 3.63) is 193 Å². The van der Waals surface area contributed by atoms with E-state index in [2.05, 4.69) is 47.7 Å². The first-order valence-corrected chi connectivity index (χ1v) is 16.6. The van der Waals surface area contributed by atoms with Crippen LogP contribution in [0.25, 0.3) is 0 Å². The van der Waals surface area contributed by atoms with Crippen LogP contribution in [-0.4, -0.2) is 25.1 Å². The van der Waals surface area contributed by atoms with Crippen molar-refractivity contribution in [2.75, 3.05) is 9.80 Å². The molecule has 2 aliphatic rings. The molecule has 13 heteroatoms. The third-order valence-corrected chi connectivity index (χ3v) is 7.61. The van der Waals surface area contributed by atoms with Gasteiger partial charge in [-0.15, -0.1) is 22.8 Å². The number of nitrogens with two attached hydrogens (primary N) is 1. The zero-order valence-corrected chi connectivity index (χ0v) is 33.8. The Labute approximate surface area is 340 Å². The number of para-hydroxylation sites is 2. The van der Waals surface area contributed by atoms with Crippen LogP contribution in [0, 0.1) is 39.3 Å². The van der Waals surface area contributed by atoms with Gasteiger partial charge < -0.3 is 46.1 Å². The van der Waals surface area contributed by atoms with Crippen LogP contribution >= 0.6 is 0 Å². The number of aryl methyl sites for hydroxylation is 2. The molecule has 8 rings (SSSR count). The number of nitrogens with zero attached hydrogens (tertiary/aromatic N) is 9. The van der Waals surface area contributed by atoms with E-state index in [-0.39, 0.29) is 42.1 Å². The van der Waals surface area contributed by atoms with Gasteiger partial charge in [0.25, 0.3) is 0 Å². The van der Waals surface area contributed by atoms with E-state index >= 15 is 0 Å². The second-order valence-electron chi connectivity index (χ2n) is 11.8. The summed E-state index contributed by atoms with van der Waals surface area (Å²) < 4.78 is 0. The zero-order chi connectivity index (χ0) is 35.3. The standard InChI is InChI=1S/C20H18N5.C11H13N4.C9H8N2.2Pt/c1-16-12-19(23-22-16)13-17-6-5-7-18(21-17)14-24-10-11-25(15-24)20-8-3-2-4-9-20;1-8-5-11(15-14-8)6-9-3-2-4-10(7-12)13-9;1-2-4-9(5-3-1)11-7-6-10-8-11;;/h2-8,10-12,15H,13-14H2,1H3;2-5H,6-7,12H2,1H3;1-4,6-8,10H;;/q-3;-1;-2;;. The maximum atomic E-state index is 5.53. The molecule has 0 bridgehead atoms. The van der Waals surface area contributed by atoms with Gasteiger partial charge in [0, 0.05) is 90.8 Å². The Balaban J connectivity index is 0.000000191. The normalized spacial score (nSPS) is 12.5. The molecule has 53 heavy (non-hydrogen) atoms. The molecular formula is C40H39N11Pt2-6. The van der Waals surface area contributed by atoms with Gasteiger partial charge in [-0.3, -0.25) is 9.97 Å². The van der Waals surface area contributed by atoms with Crippen LogP contribution in [-0.2, 0) is 68.1 Å². The van der Waals surface area contributed by atoms with Gasteiger partial charge in [0.1, 0.15) is 0 Å². The quantitative estimate of drug-likeness (QED) is 0.183. The number of hydrogen-bond donors (Lipinski definition) is 2. The Morgan fingerprint density at radius 1 is 0.660 bits per heavy atom. The fourth-order valence-electron chi connectivity index (χ4n) is 5.23. The third-order valence-electron chi connectivity index (χ3n) is 7.61. The summed E-state index contributed by atoms with van der Waals surface area (Å²) in [7, 11) is 0. The van der Waals surface area contributed by atoms with Gasteiger partial charge in [0.15, 0.2) is 0 Å². The summed E-state index contributed by atoms with van der Waals surface area (Å²) >= 11 is 0. The Morgan fingerprint density at radius 3 is 1.74 bits per heavy atom. The van der Waals surface area contributed by atoms with Gasteiger partial charge in [-0.1, -0.05) is 38.1 Å². The number of anilines is 2. The van der Waals surface area contributed by atoms with Crippen LogP contribution in [0.3, 0.4) is 0 Å². The molecule has 0 atom stereocenters. The molecule has 280 valence electrons. The van der Waals surface area contributed by atoms with E-state index < -0.39 is 0 Å². The van der Waals surface area contributed by atoms with E-state index in [1.165, 1.54) is 0 Å². The number of aromatic nitrogens is 6. The Hall–Kier alpha value is -4.82. The summed E-state index contributed by atoms with van der Waals surface area (Å²) in [6.07, 6.45) is 9.32. The SMILES string of the molecule is Cc1cc(Cc2cccc(CN)n2)n[n-]1.Cc1cc(Cc2cccc(CN3C=CN(c4[c-]cccc4)[CH-]3)n2)n[n-]1.[Pt].[Pt].[c-]1ccccc1N1C=CN[CH-]1. The fourth-order valence-corrected chi connectivity index (χ4v) is 5.23. The van der Waals surface area contributed by atoms with Crippen LogP contribution in [0.1, 0.15) is 45.6 Å². The molecule has 0 fully saturated rings. The van der Waals surface area contributed by atoms with Gasteiger partial charge in [-0.2, -0.15) is 74.0 Å². The number of benzene rings is 2. The Bertz CT molecular complexity index is 2010. The van der Waals surface area contributed by atoms with Crippen molar-refractivity contribution in [2.24, 2.45) is 5.73 Å². The van der Waals surface area contributed by atoms with Crippen LogP contribution in [0.2, 0.25) is 0 Å². The monoisotopic (exact) mass is 1060 g/mol. The molecule has 0 amide bonds. The second-order valence-corrected chi connectivity index (χ2v) is 11.8. The molecule has 0 unspecified atom stereocenters. The average Bonchev–Trinajstić information content (AvgIpc) is 4.00. The average molecular weight is 1060 g/mol. The van der Waals surface area contributed by atoms with E-state index in [9.17, 15) is 0 Å². The molecule has 2 aliphatic heterocycles. The van der Waals surface area contributed by atoms with Crippen molar-refractivity contribution in [1.82, 2.24) is 40.6 Å². The molecule has 0 saturated heterocycles. The summed E-state index contributed by atoms with van der Waals surface area (Å²) in [5, 5.41) is 19.2. The maximum absolute atomic E-state index is 5.53. The van der Waals surface area contributed by atoms with Crippen molar-refractivity contribution < 1.29 is 42.1 Å². The van der Waals surface area contributed by atoms with Crippen LogP contribution < -0.4 is 31.0 Å². The van der Waals surface area contributed by atoms with Crippen molar-refractivity contribution >= 4 is 11.4 Å². The largest absolute Gasteiger partial charge is 0.579 e. The van der Waals surface area contributed by atoms with E-state index in [1.54, 1.807) is 0 Å². The number of nitrogens with one attached hydrogen (secondary N) is 1. The molecule has 6 aromatic rings. The Kier molecular flexibility index (Phi) is 16.2. The predicted molar refractivity (Wildman–Crippen MR) is 198 cm³/mol. The smallest absolute Gasteiger partial charge is 0.0575 e. The van der Waals surface area contributed by atoms with E-state index in [0.29, 0.717) is 19.4 Å². The van der Waals surface area contributed by atoms with Crippen LogP contribution in [0.15, 0.2) is 122 Å². The third kappa shape index (κ3) is 12.7. The van der Waals surface area contributed by atoms with Gasteiger partial charge in [-0.05, 0) is 49.1 Å². The van der Waals surface area contributed by atoms with Crippen molar-refractivity contribution in [1.29, 1.82) is 0 Å². The number of rotatable bonds is 9. The van der Waals surface area contributed by atoms with E-state index in [1.807, 2.05) is 159 Å². The first-order chi connectivity index (χ1) is 25.0. The number of pyridine rings is 2. The second kappa shape index (κ2) is 21.0. The minimum Gasteiger partial charge on any atom is -0.579 e. The van der Waals surface area contributed by atoms with E-state index in [0.717, 1.165) is 63.5 Å². The van der Waals surface area contributed by atoms with Crippen molar-refractivity contribution in [3.63, 3.8) is 0 Å².